The standard InChI is InChI=1S/C26H29NO4/c1-26(2,3)18-8-5-15(6-9-18)17-11-20-25(22(29)12-17)19(14-24(30)27-20)16-7-10-21(28)23(13-16)31-4/h5-10,13,17,19,28H,11-12,14H2,1-4H3,(H,27,30)/t17-,19-/m0/s1. The van der Waals surface area contributed by atoms with Gasteiger partial charge in [0.05, 0.1) is 7.11 Å². The second-order valence-corrected chi connectivity index (χ2v) is 9.53. The lowest BCUT2D eigenvalue weighted by Crippen LogP contribution is -2.38. The summed E-state index contributed by atoms with van der Waals surface area (Å²) in [4.78, 5) is 25.8. The molecule has 31 heavy (non-hydrogen) atoms. The fourth-order valence-electron chi connectivity index (χ4n) is 4.65. The van der Waals surface area contributed by atoms with Crippen LogP contribution >= 0.6 is 0 Å². The molecule has 0 bridgehead atoms. The summed E-state index contributed by atoms with van der Waals surface area (Å²) < 4.78 is 5.22. The zero-order chi connectivity index (χ0) is 22.3. The third-order valence-electron chi connectivity index (χ3n) is 6.39. The van der Waals surface area contributed by atoms with Gasteiger partial charge in [-0.05, 0) is 46.6 Å². The topological polar surface area (TPSA) is 75.6 Å². The summed E-state index contributed by atoms with van der Waals surface area (Å²) in [6.07, 6.45) is 1.27. The van der Waals surface area contributed by atoms with Crippen molar-refractivity contribution >= 4 is 11.7 Å². The van der Waals surface area contributed by atoms with Gasteiger partial charge >= 0.3 is 0 Å². The summed E-state index contributed by atoms with van der Waals surface area (Å²) >= 11 is 0. The third kappa shape index (κ3) is 4.09. The molecule has 0 unspecified atom stereocenters. The zero-order valence-corrected chi connectivity index (χ0v) is 18.5. The average Bonchev–Trinajstić information content (AvgIpc) is 2.72. The van der Waals surface area contributed by atoms with E-state index in [0.717, 1.165) is 16.8 Å². The number of aromatic hydroxyl groups is 1. The number of carbonyl (C=O) groups excluding carboxylic acids is 2. The Balaban J connectivity index is 1.66. The Kier molecular flexibility index (Phi) is 5.38. The molecule has 0 radical (unpaired) electrons. The molecule has 4 rings (SSSR count). The first-order valence-electron chi connectivity index (χ1n) is 10.7. The predicted octanol–water partition coefficient (Wildman–Crippen LogP) is 4.70. The Morgan fingerprint density at radius 3 is 2.29 bits per heavy atom. The smallest absolute Gasteiger partial charge is 0.225 e. The van der Waals surface area contributed by atoms with Gasteiger partial charge in [0.2, 0.25) is 5.91 Å². The molecule has 2 aromatic carbocycles. The van der Waals surface area contributed by atoms with Crippen LogP contribution in [0.4, 0.5) is 0 Å². The average molecular weight is 420 g/mol. The molecule has 2 aliphatic rings. The maximum Gasteiger partial charge on any atom is 0.225 e. The minimum absolute atomic E-state index is 0.0365. The number of Topliss-reactive ketones (excluding diaryl/α,β-unsaturated/α-hetero) is 1. The van der Waals surface area contributed by atoms with E-state index in [2.05, 4.69) is 50.4 Å². The van der Waals surface area contributed by atoms with Crippen molar-refractivity contribution in [2.45, 2.75) is 57.3 Å². The lowest BCUT2D eigenvalue weighted by Gasteiger charge is -2.34. The molecule has 0 saturated heterocycles. The highest BCUT2D eigenvalue weighted by Crippen LogP contribution is 2.44. The second kappa shape index (κ2) is 7.88. The number of hydrogen-bond donors (Lipinski definition) is 2. The number of hydrogen-bond acceptors (Lipinski definition) is 4. The molecule has 1 aliphatic carbocycles. The molecule has 1 heterocycles. The summed E-state index contributed by atoms with van der Waals surface area (Å²) in [6, 6.07) is 13.5. The number of benzene rings is 2. The molecule has 0 spiro atoms. The van der Waals surface area contributed by atoms with E-state index < -0.39 is 0 Å². The first kappa shape index (κ1) is 21.2. The minimum atomic E-state index is -0.324. The molecule has 0 aromatic heterocycles. The van der Waals surface area contributed by atoms with E-state index in [1.807, 2.05) is 0 Å². The third-order valence-corrected chi connectivity index (χ3v) is 6.39. The highest BCUT2D eigenvalue weighted by Gasteiger charge is 2.38. The van der Waals surface area contributed by atoms with E-state index in [9.17, 15) is 14.7 Å². The van der Waals surface area contributed by atoms with Gasteiger partial charge in [-0.25, -0.2) is 0 Å². The lowest BCUT2D eigenvalue weighted by molar-refractivity contribution is -0.122. The number of ketones is 1. The van der Waals surface area contributed by atoms with Crippen molar-refractivity contribution in [1.82, 2.24) is 5.32 Å². The van der Waals surface area contributed by atoms with Crippen molar-refractivity contribution in [2.24, 2.45) is 0 Å². The van der Waals surface area contributed by atoms with E-state index in [-0.39, 0.29) is 41.1 Å². The van der Waals surface area contributed by atoms with Gasteiger partial charge in [-0.3, -0.25) is 9.59 Å². The number of methoxy groups -OCH3 is 1. The SMILES string of the molecule is COc1cc([C@@H]2CC(=O)NC3=C2C(=O)C[C@@H](c2ccc(C(C)(C)C)cc2)C3)ccc1O. The van der Waals surface area contributed by atoms with Crippen molar-refractivity contribution in [3.05, 3.63) is 70.4 Å². The molecular formula is C26H29NO4. The molecule has 162 valence electrons. The number of ether oxygens (including phenoxy) is 1. The molecule has 2 atom stereocenters. The number of nitrogens with one attached hydrogen (secondary N) is 1. The van der Waals surface area contributed by atoms with Gasteiger partial charge in [0.25, 0.3) is 0 Å². The van der Waals surface area contributed by atoms with E-state index in [4.69, 9.17) is 4.74 Å². The van der Waals surface area contributed by atoms with Crippen LogP contribution in [-0.2, 0) is 15.0 Å². The van der Waals surface area contributed by atoms with Crippen molar-refractivity contribution < 1.29 is 19.4 Å². The molecule has 1 amide bonds. The number of amides is 1. The van der Waals surface area contributed by atoms with Crippen molar-refractivity contribution in [3.8, 4) is 11.5 Å². The van der Waals surface area contributed by atoms with Crippen LogP contribution < -0.4 is 10.1 Å². The van der Waals surface area contributed by atoms with Crippen molar-refractivity contribution in [3.63, 3.8) is 0 Å². The molecule has 5 nitrogen and oxygen atoms in total. The van der Waals surface area contributed by atoms with Crippen LogP contribution in [0, 0.1) is 0 Å². The second-order valence-electron chi connectivity index (χ2n) is 9.53. The van der Waals surface area contributed by atoms with E-state index in [1.54, 1.807) is 18.2 Å². The van der Waals surface area contributed by atoms with Crippen LogP contribution in [-0.4, -0.2) is 23.9 Å². The van der Waals surface area contributed by atoms with Gasteiger partial charge in [0.1, 0.15) is 0 Å². The molecule has 2 aromatic rings. The highest BCUT2D eigenvalue weighted by molar-refractivity contribution is 6.02. The molecule has 0 saturated carbocycles. The van der Waals surface area contributed by atoms with Crippen LogP contribution in [0.1, 0.15) is 68.6 Å². The fourth-order valence-corrected chi connectivity index (χ4v) is 4.65. The summed E-state index contributed by atoms with van der Waals surface area (Å²) in [5.41, 5.74) is 4.68. The quantitative estimate of drug-likeness (QED) is 0.756. The van der Waals surface area contributed by atoms with Gasteiger partial charge in [0.15, 0.2) is 17.3 Å². The largest absolute Gasteiger partial charge is 0.504 e. The monoisotopic (exact) mass is 419 g/mol. The Labute approximate surface area is 183 Å². The molecular weight excluding hydrogens is 390 g/mol. The van der Waals surface area contributed by atoms with E-state index in [1.165, 1.54) is 12.7 Å². The fraction of sp³-hybridized carbons (Fsp3) is 0.385. The predicted molar refractivity (Wildman–Crippen MR) is 119 cm³/mol. The van der Waals surface area contributed by atoms with Gasteiger partial charge in [-0.2, -0.15) is 0 Å². The van der Waals surface area contributed by atoms with Crippen molar-refractivity contribution in [2.75, 3.05) is 7.11 Å². The maximum absolute atomic E-state index is 13.3. The van der Waals surface area contributed by atoms with E-state index in [0.29, 0.717) is 24.2 Å². The molecule has 0 fully saturated rings. The Morgan fingerprint density at radius 2 is 1.65 bits per heavy atom. The Bertz CT molecular complexity index is 1060. The lowest BCUT2D eigenvalue weighted by atomic mass is 9.73. The Hall–Kier alpha value is -3.08. The van der Waals surface area contributed by atoms with E-state index >= 15 is 0 Å². The first-order valence-corrected chi connectivity index (χ1v) is 10.7. The highest BCUT2D eigenvalue weighted by atomic mass is 16.5. The minimum Gasteiger partial charge on any atom is -0.504 e. The molecule has 2 N–H and O–H groups in total. The van der Waals surface area contributed by atoms with Gasteiger partial charge in [-0.15, -0.1) is 0 Å². The normalized spacial score (nSPS) is 21.5. The van der Waals surface area contributed by atoms with Gasteiger partial charge in [-0.1, -0.05) is 51.1 Å². The van der Waals surface area contributed by atoms with Crippen LogP contribution in [0.15, 0.2) is 53.7 Å². The number of carbonyl (C=O) groups is 2. The van der Waals surface area contributed by atoms with Crippen LogP contribution in [0.3, 0.4) is 0 Å². The Morgan fingerprint density at radius 1 is 0.968 bits per heavy atom. The maximum atomic E-state index is 13.3. The first-order chi connectivity index (χ1) is 14.7. The summed E-state index contributed by atoms with van der Waals surface area (Å²) in [5, 5.41) is 12.9. The zero-order valence-electron chi connectivity index (χ0n) is 18.5. The summed E-state index contributed by atoms with van der Waals surface area (Å²) in [7, 11) is 1.48. The number of allylic oxidation sites excluding steroid dienone is 2. The molecule has 5 heteroatoms. The van der Waals surface area contributed by atoms with Crippen LogP contribution in [0.25, 0.3) is 0 Å². The molecule has 1 aliphatic heterocycles. The van der Waals surface area contributed by atoms with Gasteiger partial charge < -0.3 is 15.2 Å². The van der Waals surface area contributed by atoms with Crippen LogP contribution in [0.2, 0.25) is 0 Å². The summed E-state index contributed by atoms with van der Waals surface area (Å²) in [5.74, 6) is 0.0827. The van der Waals surface area contributed by atoms with Crippen LogP contribution in [0.5, 0.6) is 11.5 Å². The summed E-state index contributed by atoms with van der Waals surface area (Å²) in [6.45, 7) is 6.54. The number of phenols is 1. The number of rotatable bonds is 3. The number of phenolic OH excluding ortho intramolecular Hbond substituents is 1. The van der Waals surface area contributed by atoms with Gasteiger partial charge in [0, 0.05) is 30.0 Å². The van der Waals surface area contributed by atoms with Crippen molar-refractivity contribution in [1.29, 1.82) is 0 Å².